The first kappa shape index (κ1) is 9.02. The van der Waals surface area contributed by atoms with Gasteiger partial charge in [0.2, 0.25) is 0 Å². The molecular weight excluding hydrogens is 194 g/mol. The summed E-state index contributed by atoms with van der Waals surface area (Å²) in [6.07, 6.45) is 0. The molecule has 0 saturated heterocycles. The number of pyridine rings is 1. The molecule has 72 valence electrons. The molecule has 0 amide bonds. The molecule has 2 aromatic heterocycles. The van der Waals surface area contributed by atoms with Crippen LogP contribution in [0.15, 0.2) is 29.0 Å². The van der Waals surface area contributed by atoms with Gasteiger partial charge in [0.15, 0.2) is 0 Å². The lowest BCUT2D eigenvalue weighted by Gasteiger charge is -2.05. The number of nitrogens with zero attached hydrogens (tertiary/aromatic N) is 1. The number of hydrogen-bond donors (Lipinski definition) is 2. The Bertz CT molecular complexity index is 423. The molecule has 2 rings (SSSR count). The van der Waals surface area contributed by atoms with Crippen LogP contribution in [-0.4, -0.2) is 4.98 Å². The SMILES string of the molecule is Cc1nc(Nc2ccsc2)ccc1N. The van der Waals surface area contributed by atoms with Gasteiger partial charge in [0.1, 0.15) is 5.82 Å². The van der Waals surface area contributed by atoms with Crippen LogP contribution in [0.4, 0.5) is 17.2 Å². The van der Waals surface area contributed by atoms with Crippen LogP contribution in [0, 0.1) is 6.92 Å². The van der Waals surface area contributed by atoms with Gasteiger partial charge in [-0.3, -0.25) is 0 Å². The Morgan fingerprint density at radius 2 is 2.21 bits per heavy atom. The van der Waals surface area contributed by atoms with Crippen LogP contribution in [0.2, 0.25) is 0 Å². The van der Waals surface area contributed by atoms with Crippen LogP contribution in [0.5, 0.6) is 0 Å². The number of nitrogen functional groups attached to an aromatic ring is 1. The fraction of sp³-hybridized carbons (Fsp3) is 0.100. The van der Waals surface area contributed by atoms with E-state index in [0.717, 1.165) is 22.9 Å². The maximum absolute atomic E-state index is 5.67. The van der Waals surface area contributed by atoms with Gasteiger partial charge in [0.25, 0.3) is 0 Å². The van der Waals surface area contributed by atoms with E-state index in [1.807, 2.05) is 35.9 Å². The van der Waals surface area contributed by atoms with Gasteiger partial charge in [-0.1, -0.05) is 0 Å². The molecule has 14 heavy (non-hydrogen) atoms. The van der Waals surface area contributed by atoms with Crippen molar-refractivity contribution in [2.45, 2.75) is 6.92 Å². The molecule has 0 saturated carbocycles. The van der Waals surface area contributed by atoms with E-state index in [-0.39, 0.29) is 0 Å². The Kier molecular flexibility index (Phi) is 2.37. The summed E-state index contributed by atoms with van der Waals surface area (Å²) in [5.74, 6) is 0.829. The lowest BCUT2D eigenvalue weighted by atomic mass is 10.3. The van der Waals surface area contributed by atoms with Crippen molar-refractivity contribution in [1.82, 2.24) is 4.98 Å². The summed E-state index contributed by atoms with van der Waals surface area (Å²) < 4.78 is 0. The van der Waals surface area contributed by atoms with Gasteiger partial charge < -0.3 is 11.1 Å². The van der Waals surface area contributed by atoms with Crippen molar-refractivity contribution in [3.63, 3.8) is 0 Å². The first-order valence-electron chi connectivity index (χ1n) is 4.28. The predicted molar refractivity (Wildman–Crippen MR) is 61.0 cm³/mol. The molecule has 4 heteroatoms. The van der Waals surface area contributed by atoms with Crippen LogP contribution in [0.25, 0.3) is 0 Å². The Morgan fingerprint density at radius 3 is 2.86 bits per heavy atom. The molecule has 0 spiro atoms. The number of nitrogens with one attached hydrogen (secondary N) is 1. The van der Waals surface area contributed by atoms with E-state index in [1.165, 1.54) is 0 Å². The van der Waals surface area contributed by atoms with Gasteiger partial charge in [0, 0.05) is 5.38 Å². The minimum absolute atomic E-state index is 0.723. The minimum Gasteiger partial charge on any atom is -0.397 e. The monoisotopic (exact) mass is 205 g/mol. The van der Waals surface area contributed by atoms with E-state index in [9.17, 15) is 0 Å². The van der Waals surface area contributed by atoms with Crippen LogP contribution in [-0.2, 0) is 0 Å². The summed E-state index contributed by atoms with van der Waals surface area (Å²) >= 11 is 1.65. The quantitative estimate of drug-likeness (QED) is 0.792. The van der Waals surface area contributed by atoms with Crippen molar-refractivity contribution >= 4 is 28.5 Å². The van der Waals surface area contributed by atoms with Gasteiger partial charge in [-0.05, 0) is 30.5 Å². The zero-order valence-corrected chi connectivity index (χ0v) is 8.64. The van der Waals surface area contributed by atoms with Crippen molar-refractivity contribution in [3.05, 3.63) is 34.7 Å². The molecule has 2 heterocycles. The van der Waals surface area contributed by atoms with E-state index in [0.29, 0.717) is 0 Å². The molecule has 3 N–H and O–H groups in total. The van der Waals surface area contributed by atoms with Crippen LogP contribution >= 0.6 is 11.3 Å². The van der Waals surface area contributed by atoms with Crippen LogP contribution in [0.1, 0.15) is 5.69 Å². The Labute approximate surface area is 86.6 Å². The molecule has 0 aliphatic heterocycles. The highest BCUT2D eigenvalue weighted by atomic mass is 32.1. The Hall–Kier alpha value is -1.55. The average molecular weight is 205 g/mol. The second-order valence-corrected chi connectivity index (χ2v) is 3.79. The molecule has 0 aromatic carbocycles. The molecule has 0 unspecified atom stereocenters. The predicted octanol–water partition coefficient (Wildman–Crippen LogP) is 2.78. The zero-order valence-electron chi connectivity index (χ0n) is 7.82. The molecule has 0 radical (unpaired) electrons. The van der Waals surface area contributed by atoms with Crippen molar-refractivity contribution in [1.29, 1.82) is 0 Å². The third kappa shape index (κ3) is 1.85. The molecule has 0 fully saturated rings. The molecule has 2 aromatic rings. The topological polar surface area (TPSA) is 50.9 Å². The Balaban J connectivity index is 2.22. The van der Waals surface area contributed by atoms with Gasteiger partial charge in [-0.15, -0.1) is 0 Å². The van der Waals surface area contributed by atoms with Crippen molar-refractivity contribution < 1.29 is 0 Å². The van der Waals surface area contributed by atoms with Crippen LogP contribution in [0.3, 0.4) is 0 Å². The largest absolute Gasteiger partial charge is 0.397 e. The lowest BCUT2D eigenvalue weighted by Crippen LogP contribution is -1.97. The minimum atomic E-state index is 0.723. The fourth-order valence-electron chi connectivity index (χ4n) is 1.12. The van der Waals surface area contributed by atoms with E-state index >= 15 is 0 Å². The highest BCUT2D eigenvalue weighted by Gasteiger charge is 1.98. The molecule has 0 aliphatic rings. The van der Waals surface area contributed by atoms with Gasteiger partial charge >= 0.3 is 0 Å². The number of aromatic nitrogens is 1. The molecule has 0 atom stereocenters. The fourth-order valence-corrected chi connectivity index (χ4v) is 1.71. The van der Waals surface area contributed by atoms with E-state index in [4.69, 9.17) is 5.73 Å². The van der Waals surface area contributed by atoms with Crippen molar-refractivity contribution in [2.75, 3.05) is 11.1 Å². The summed E-state index contributed by atoms with van der Waals surface area (Å²) in [5, 5.41) is 7.25. The normalized spacial score (nSPS) is 10.1. The number of hydrogen-bond acceptors (Lipinski definition) is 4. The summed E-state index contributed by atoms with van der Waals surface area (Å²) in [4.78, 5) is 4.32. The molecular formula is C10H11N3S. The Morgan fingerprint density at radius 1 is 1.36 bits per heavy atom. The maximum Gasteiger partial charge on any atom is 0.130 e. The highest BCUT2D eigenvalue weighted by molar-refractivity contribution is 7.08. The smallest absolute Gasteiger partial charge is 0.130 e. The maximum atomic E-state index is 5.67. The summed E-state index contributed by atoms with van der Waals surface area (Å²) in [5.41, 5.74) is 8.31. The van der Waals surface area contributed by atoms with Gasteiger partial charge in [-0.2, -0.15) is 11.3 Å². The summed E-state index contributed by atoms with van der Waals surface area (Å²) in [6, 6.07) is 5.75. The number of anilines is 3. The van der Waals surface area contributed by atoms with Crippen molar-refractivity contribution in [3.8, 4) is 0 Å². The number of thiophene rings is 1. The van der Waals surface area contributed by atoms with E-state index in [2.05, 4.69) is 10.3 Å². The third-order valence-corrected chi connectivity index (χ3v) is 2.60. The summed E-state index contributed by atoms with van der Waals surface area (Å²) in [6.45, 7) is 1.90. The van der Waals surface area contributed by atoms with Gasteiger partial charge in [-0.25, -0.2) is 4.98 Å². The second-order valence-electron chi connectivity index (χ2n) is 3.01. The molecule has 0 aliphatic carbocycles. The number of rotatable bonds is 2. The van der Waals surface area contributed by atoms with E-state index < -0.39 is 0 Å². The first-order chi connectivity index (χ1) is 6.75. The van der Waals surface area contributed by atoms with Crippen LogP contribution < -0.4 is 11.1 Å². The standard InChI is InChI=1S/C10H11N3S/c1-7-9(11)2-3-10(12-7)13-8-4-5-14-6-8/h2-6H,11H2,1H3,(H,12,13). The number of aryl methyl sites for hydroxylation is 1. The van der Waals surface area contributed by atoms with Gasteiger partial charge in [0.05, 0.1) is 17.1 Å². The van der Waals surface area contributed by atoms with Crippen molar-refractivity contribution in [2.24, 2.45) is 0 Å². The zero-order chi connectivity index (χ0) is 9.97. The van der Waals surface area contributed by atoms with E-state index in [1.54, 1.807) is 11.3 Å². The average Bonchev–Trinajstić information content (AvgIpc) is 2.64. The second kappa shape index (κ2) is 3.67. The molecule has 0 bridgehead atoms. The first-order valence-corrected chi connectivity index (χ1v) is 5.22. The molecule has 3 nitrogen and oxygen atoms in total. The third-order valence-electron chi connectivity index (χ3n) is 1.92. The highest BCUT2D eigenvalue weighted by Crippen LogP contribution is 2.19. The summed E-state index contributed by atoms with van der Waals surface area (Å²) in [7, 11) is 0. The lowest BCUT2D eigenvalue weighted by molar-refractivity contribution is 1.20. The number of nitrogens with two attached hydrogens (primary N) is 1.